The van der Waals surface area contributed by atoms with Crippen LogP contribution in [-0.2, 0) is 10.0 Å². The van der Waals surface area contributed by atoms with Gasteiger partial charge in [-0.3, -0.25) is 0 Å². The summed E-state index contributed by atoms with van der Waals surface area (Å²) in [4.78, 5) is 2.66. The minimum Gasteiger partial charge on any atom is -0.494 e. The third-order valence-electron chi connectivity index (χ3n) is 4.02. The summed E-state index contributed by atoms with van der Waals surface area (Å²) in [6, 6.07) is 6.62. The molecule has 1 fully saturated rings. The van der Waals surface area contributed by atoms with Crippen molar-refractivity contribution in [2.45, 2.75) is 31.1 Å². The van der Waals surface area contributed by atoms with Gasteiger partial charge < -0.3 is 9.64 Å². The maximum atomic E-state index is 12.5. The van der Waals surface area contributed by atoms with E-state index in [9.17, 15) is 8.42 Å². The summed E-state index contributed by atoms with van der Waals surface area (Å²) in [6.45, 7) is 5.96. The highest BCUT2D eigenvalue weighted by Gasteiger charge is 2.21. The summed E-state index contributed by atoms with van der Waals surface area (Å²) in [5.74, 6) is 0.692. The van der Waals surface area contributed by atoms with E-state index in [1.807, 2.05) is 6.92 Å². The molecule has 0 radical (unpaired) electrons. The molecule has 0 spiro atoms. The molecule has 0 unspecified atom stereocenters. The molecular weight excluding hydrogens is 300 g/mol. The molecule has 1 aliphatic heterocycles. The van der Waals surface area contributed by atoms with Gasteiger partial charge in [-0.05, 0) is 57.1 Å². The van der Waals surface area contributed by atoms with E-state index in [1.165, 1.54) is 23.6 Å². The first kappa shape index (κ1) is 17.2. The van der Waals surface area contributed by atoms with E-state index in [2.05, 4.69) is 4.90 Å². The van der Waals surface area contributed by atoms with Crippen molar-refractivity contribution in [2.24, 2.45) is 0 Å². The fourth-order valence-corrected chi connectivity index (χ4v) is 3.80. The van der Waals surface area contributed by atoms with Crippen LogP contribution in [0.5, 0.6) is 5.75 Å². The normalized spacial score (nSPS) is 16.9. The number of likely N-dealkylation sites (N-methyl/N-ethyl adjacent to an activating group) is 1. The van der Waals surface area contributed by atoms with Crippen LogP contribution in [0, 0.1) is 0 Å². The first-order chi connectivity index (χ1) is 10.5. The van der Waals surface area contributed by atoms with Crippen molar-refractivity contribution in [1.29, 1.82) is 0 Å². The summed E-state index contributed by atoms with van der Waals surface area (Å²) in [5.41, 5.74) is 0. The topological polar surface area (TPSA) is 49.9 Å². The third kappa shape index (κ3) is 4.44. The maximum absolute atomic E-state index is 12.5. The molecule has 1 aliphatic rings. The molecule has 5 nitrogen and oxygen atoms in total. The Kier molecular flexibility index (Phi) is 6.23. The Labute approximate surface area is 133 Å². The van der Waals surface area contributed by atoms with Crippen molar-refractivity contribution in [2.75, 3.05) is 39.8 Å². The number of hydrogen-bond acceptors (Lipinski definition) is 4. The van der Waals surface area contributed by atoms with E-state index in [4.69, 9.17) is 4.74 Å². The Bertz CT molecular complexity index is 551. The molecule has 1 heterocycles. The predicted octanol–water partition coefficient (Wildman–Crippen LogP) is 2.19. The van der Waals surface area contributed by atoms with Gasteiger partial charge in [0.2, 0.25) is 10.0 Å². The molecule has 0 aliphatic carbocycles. The molecule has 0 atom stereocenters. The van der Waals surface area contributed by atoms with E-state index in [0.29, 0.717) is 23.8 Å². The summed E-state index contributed by atoms with van der Waals surface area (Å²) >= 11 is 0. The Balaban J connectivity index is 1.95. The van der Waals surface area contributed by atoms with E-state index in [1.54, 1.807) is 31.3 Å². The highest BCUT2D eigenvalue weighted by molar-refractivity contribution is 7.89. The predicted molar refractivity (Wildman–Crippen MR) is 87.7 cm³/mol. The lowest BCUT2D eigenvalue weighted by Crippen LogP contribution is -2.38. The van der Waals surface area contributed by atoms with Crippen molar-refractivity contribution < 1.29 is 13.2 Å². The smallest absolute Gasteiger partial charge is 0.242 e. The summed E-state index contributed by atoms with van der Waals surface area (Å²) in [7, 11) is -1.77. The number of ether oxygens (including phenoxy) is 1. The molecule has 0 saturated carbocycles. The quantitative estimate of drug-likeness (QED) is 0.771. The minimum atomic E-state index is -3.42. The number of nitrogens with zero attached hydrogens (tertiary/aromatic N) is 2. The first-order valence-corrected chi connectivity index (χ1v) is 9.39. The van der Waals surface area contributed by atoms with E-state index < -0.39 is 10.0 Å². The zero-order valence-corrected chi connectivity index (χ0v) is 14.3. The van der Waals surface area contributed by atoms with Crippen LogP contribution < -0.4 is 4.74 Å². The number of piperidine rings is 1. The second kappa shape index (κ2) is 7.94. The van der Waals surface area contributed by atoms with Crippen molar-refractivity contribution in [3.8, 4) is 5.75 Å². The van der Waals surface area contributed by atoms with Crippen LogP contribution in [0.3, 0.4) is 0 Å². The average Bonchev–Trinajstić information content (AvgIpc) is 2.54. The molecule has 0 amide bonds. The molecule has 0 N–H and O–H groups in total. The van der Waals surface area contributed by atoms with Crippen molar-refractivity contribution in [3.63, 3.8) is 0 Å². The fourth-order valence-electron chi connectivity index (χ4n) is 2.64. The van der Waals surface area contributed by atoms with Crippen molar-refractivity contribution in [3.05, 3.63) is 24.3 Å². The van der Waals surface area contributed by atoms with Gasteiger partial charge in [-0.2, -0.15) is 4.31 Å². The van der Waals surface area contributed by atoms with Gasteiger partial charge in [-0.15, -0.1) is 0 Å². The summed E-state index contributed by atoms with van der Waals surface area (Å²) in [6.07, 6.45) is 3.72. The standard InChI is InChI=1S/C16H26N2O3S/c1-3-21-15-7-9-16(10-8-15)22(19,20)17(2)13-14-18-11-5-4-6-12-18/h7-10H,3-6,11-14H2,1-2H3. The van der Waals surface area contributed by atoms with Crippen LogP contribution in [0.4, 0.5) is 0 Å². The fraction of sp³-hybridized carbons (Fsp3) is 0.625. The second-order valence-corrected chi connectivity index (χ2v) is 7.68. The Hall–Kier alpha value is -1.11. The number of likely N-dealkylation sites (tertiary alicyclic amines) is 1. The minimum absolute atomic E-state index is 0.317. The number of benzene rings is 1. The van der Waals surface area contributed by atoms with Crippen LogP contribution in [0.25, 0.3) is 0 Å². The Morgan fingerprint density at radius 3 is 2.36 bits per heavy atom. The number of rotatable bonds is 7. The van der Waals surface area contributed by atoms with Gasteiger partial charge >= 0.3 is 0 Å². The van der Waals surface area contributed by atoms with E-state index >= 15 is 0 Å². The summed E-state index contributed by atoms with van der Waals surface area (Å²) in [5, 5.41) is 0. The SMILES string of the molecule is CCOc1ccc(S(=O)(=O)N(C)CCN2CCCCC2)cc1. The van der Waals surface area contributed by atoms with Crippen LogP contribution in [-0.4, -0.2) is 57.5 Å². The first-order valence-electron chi connectivity index (χ1n) is 7.95. The van der Waals surface area contributed by atoms with E-state index in [-0.39, 0.29) is 0 Å². The van der Waals surface area contributed by atoms with Crippen molar-refractivity contribution >= 4 is 10.0 Å². The lowest BCUT2D eigenvalue weighted by Gasteiger charge is -2.28. The third-order valence-corrected chi connectivity index (χ3v) is 5.89. The molecule has 2 rings (SSSR count). The van der Waals surface area contributed by atoms with Gasteiger partial charge in [0, 0.05) is 20.1 Å². The highest BCUT2D eigenvalue weighted by atomic mass is 32.2. The van der Waals surface area contributed by atoms with Crippen LogP contribution in [0.1, 0.15) is 26.2 Å². The van der Waals surface area contributed by atoms with Gasteiger partial charge in [0.05, 0.1) is 11.5 Å². The maximum Gasteiger partial charge on any atom is 0.242 e. The van der Waals surface area contributed by atoms with Crippen LogP contribution >= 0.6 is 0 Å². The van der Waals surface area contributed by atoms with Gasteiger partial charge in [0.1, 0.15) is 5.75 Å². The molecule has 0 bridgehead atoms. The molecule has 124 valence electrons. The van der Waals surface area contributed by atoms with Gasteiger partial charge in [-0.25, -0.2) is 8.42 Å². The van der Waals surface area contributed by atoms with Crippen LogP contribution in [0.2, 0.25) is 0 Å². The second-order valence-electron chi connectivity index (χ2n) is 5.63. The molecule has 1 aromatic rings. The van der Waals surface area contributed by atoms with Gasteiger partial charge in [0.15, 0.2) is 0 Å². The number of sulfonamides is 1. The molecule has 1 aromatic carbocycles. The Morgan fingerprint density at radius 1 is 1.14 bits per heavy atom. The Morgan fingerprint density at radius 2 is 1.77 bits per heavy atom. The summed E-state index contributed by atoms with van der Waals surface area (Å²) < 4.78 is 31.9. The molecule has 6 heteroatoms. The molecular formula is C16H26N2O3S. The van der Waals surface area contributed by atoms with Gasteiger partial charge in [-0.1, -0.05) is 6.42 Å². The van der Waals surface area contributed by atoms with Crippen molar-refractivity contribution in [1.82, 2.24) is 9.21 Å². The largest absolute Gasteiger partial charge is 0.494 e. The lowest BCUT2D eigenvalue weighted by atomic mass is 10.1. The molecule has 1 saturated heterocycles. The molecule has 0 aromatic heterocycles. The van der Waals surface area contributed by atoms with Gasteiger partial charge in [0.25, 0.3) is 0 Å². The van der Waals surface area contributed by atoms with Crippen LogP contribution in [0.15, 0.2) is 29.2 Å². The monoisotopic (exact) mass is 326 g/mol. The van der Waals surface area contributed by atoms with E-state index in [0.717, 1.165) is 19.6 Å². The zero-order valence-electron chi connectivity index (χ0n) is 13.5. The average molecular weight is 326 g/mol. The zero-order chi connectivity index (χ0) is 16.0. The lowest BCUT2D eigenvalue weighted by molar-refractivity contribution is 0.218. The highest BCUT2D eigenvalue weighted by Crippen LogP contribution is 2.19. The number of hydrogen-bond donors (Lipinski definition) is 0. The molecule has 22 heavy (non-hydrogen) atoms.